The van der Waals surface area contributed by atoms with E-state index in [1.54, 1.807) is 13.3 Å². The molecule has 2 atom stereocenters. The SMILES string of the molecule is COCCN1C(=O)CCCC(N)C1c1ncc(Br)cc1Br. The first kappa shape index (κ1) is 16.9. The van der Waals surface area contributed by atoms with Crippen molar-refractivity contribution < 1.29 is 9.53 Å². The fourth-order valence-electron chi connectivity index (χ4n) is 2.62. The number of carbonyl (C=O) groups excluding carboxylic acids is 1. The fraction of sp³-hybridized carbons (Fsp3) is 0.571. The highest BCUT2D eigenvalue weighted by atomic mass is 79.9. The van der Waals surface area contributed by atoms with Crippen molar-refractivity contribution >= 4 is 37.8 Å². The van der Waals surface area contributed by atoms with Crippen molar-refractivity contribution in [1.82, 2.24) is 9.88 Å². The number of halogens is 2. The molecule has 2 N–H and O–H groups in total. The van der Waals surface area contributed by atoms with Crippen LogP contribution in [-0.4, -0.2) is 42.1 Å². The molecule has 0 radical (unpaired) electrons. The molecule has 1 fully saturated rings. The molecule has 0 saturated carbocycles. The van der Waals surface area contributed by atoms with Gasteiger partial charge in [0.25, 0.3) is 0 Å². The van der Waals surface area contributed by atoms with Gasteiger partial charge in [-0.3, -0.25) is 9.78 Å². The predicted octanol–water partition coefficient (Wildman–Crippen LogP) is 2.63. The summed E-state index contributed by atoms with van der Waals surface area (Å²) in [5.74, 6) is 0.113. The quantitative estimate of drug-likeness (QED) is 0.812. The molecule has 5 nitrogen and oxygen atoms in total. The highest BCUT2D eigenvalue weighted by Crippen LogP contribution is 2.33. The highest BCUT2D eigenvalue weighted by Gasteiger charge is 2.34. The summed E-state index contributed by atoms with van der Waals surface area (Å²) in [6.07, 6.45) is 3.89. The molecule has 0 spiro atoms. The van der Waals surface area contributed by atoms with E-state index < -0.39 is 0 Å². The lowest BCUT2D eigenvalue weighted by atomic mass is 10.0. The number of hydrogen-bond acceptors (Lipinski definition) is 4. The summed E-state index contributed by atoms with van der Waals surface area (Å²) in [5, 5.41) is 0. The van der Waals surface area contributed by atoms with E-state index in [1.807, 2.05) is 11.0 Å². The molecule has 1 saturated heterocycles. The topological polar surface area (TPSA) is 68.5 Å². The molecular formula is C14H19Br2N3O2. The maximum absolute atomic E-state index is 12.4. The maximum Gasteiger partial charge on any atom is 0.223 e. The van der Waals surface area contributed by atoms with Crippen molar-refractivity contribution in [2.24, 2.45) is 5.73 Å². The Morgan fingerprint density at radius 1 is 1.52 bits per heavy atom. The van der Waals surface area contributed by atoms with Gasteiger partial charge in [0.2, 0.25) is 5.91 Å². The number of carbonyl (C=O) groups is 1. The highest BCUT2D eigenvalue weighted by molar-refractivity contribution is 9.11. The second kappa shape index (κ2) is 7.67. The monoisotopic (exact) mass is 419 g/mol. The summed E-state index contributed by atoms with van der Waals surface area (Å²) in [7, 11) is 1.63. The summed E-state index contributed by atoms with van der Waals surface area (Å²) in [6, 6.07) is 1.58. The van der Waals surface area contributed by atoms with Crippen LogP contribution in [0.2, 0.25) is 0 Å². The van der Waals surface area contributed by atoms with Crippen LogP contribution in [0.5, 0.6) is 0 Å². The summed E-state index contributed by atoms with van der Waals surface area (Å²) in [5.41, 5.74) is 7.14. The number of nitrogens with zero attached hydrogens (tertiary/aromatic N) is 2. The number of methoxy groups -OCH3 is 1. The third-order valence-electron chi connectivity index (χ3n) is 3.64. The molecule has 116 valence electrons. The molecule has 1 aliphatic rings. The minimum absolute atomic E-state index is 0.113. The Balaban J connectivity index is 2.38. The Kier molecular flexibility index (Phi) is 6.16. The van der Waals surface area contributed by atoms with E-state index in [9.17, 15) is 4.79 Å². The normalized spacial score (nSPS) is 23.2. The van der Waals surface area contributed by atoms with E-state index in [1.165, 1.54) is 0 Å². The smallest absolute Gasteiger partial charge is 0.223 e. The van der Waals surface area contributed by atoms with Crippen LogP contribution in [0.25, 0.3) is 0 Å². The number of ether oxygens (including phenoxy) is 1. The van der Waals surface area contributed by atoms with Gasteiger partial charge < -0.3 is 15.4 Å². The predicted molar refractivity (Wildman–Crippen MR) is 87.8 cm³/mol. The van der Waals surface area contributed by atoms with Crippen molar-refractivity contribution in [2.75, 3.05) is 20.3 Å². The zero-order chi connectivity index (χ0) is 15.4. The van der Waals surface area contributed by atoms with Gasteiger partial charge in [0.1, 0.15) is 0 Å². The van der Waals surface area contributed by atoms with Gasteiger partial charge in [0, 0.05) is 41.3 Å². The number of aromatic nitrogens is 1. The summed E-state index contributed by atoms with van der Waals surface area (Å²) in [4.78, 5) is 18.7. The van der Waals surface area contributed by atoms with Crippen LogP contribution < -0.4 is 5.73 Å². The summed E-state index contributed by atoms with van der Waals surface area (Å²) >= 11 is 6.93. The fourth-order valence-corrected chi connectivity index (χ4v) is 3.85. The van der Waals surface area contributed by atoms with E-state index in [0.29, 0.717) is 19.6 Å². The van der Waals surface area contributed by atoms with Crippen LogP contribution in [-0.2, 0) is 9.53 Å². The lowest BCUT2D eigenvalue weighted by molar-refractivity contribution is -0.134. The maximum atomic E-state index is 12.4. The molecule has 7 heteroatoms. The second-order valence-electron chi connectivity index (χ2n) is 5.10. The number of rotatable bonds is 4. The van der Waals surface area contributed by atoms with Crippen molar-refractivity contribution in [1.29, 1.82) is 0 Å². The number of amides is 1. The Bertz CT molecular complexity index is 513. The second-order valence-corrected chi connectivity index (χ2v) is 6.87. The first-order chi connectivity index (χ1) is 10.0. The van der Waals surface area contributed by atoms with Crippen LogP contribution in [0.4, 0.5) is 0 Å². The van der Waals surface area contributed by atoms with Crippen molar-refractivity contribution in [3.05, 3.63) is 26.9 Å². The van der Waals surface area contributed by atoms with Gasteiger partial charge >= 0.3 is 0 Å². The molecule has 2 unspecified atom stereocenters. The lowest BCUT2D eigenvalue weighted by Crippen LogP contribution is -2.44. The van der Waals surface area contributed by atoms with E-state index in [-0.39, 0.29) is 18.0 Å². The molecule has 0 bridgehead atoms. The minimum atomic E-state index is -0.224. The molecule has 2 heterocycles. The number of nitrogens with two attached hydrogens (primary N) is 1. The largest absolute Gasteiger partial charge is 0.383 e. The van der Waals surface area contributed by atoms with Gasteiger partial charge in [0.05, 0.1) is 18.3 Å². The van der Waals surface area contributed by atoms with Crippen molar-refractivity contribution in [3.8, 4) is 0 Å². The molecule has 0 aliphatic carbocycles. The van der Waals surface area contributed by atoms with E-state index in [4.69, 9.17) is 10.5 Å². The molecular weight excluding hydrogens is 402 g/mol. The van der Waals surface area contributed by atoms with Crippen molar-refractivity contribution in [2.45, 2.75) is 31.3 Å². The van der Waals surface area contributed by atoms with Crippen LogP contribution in [0, 0.1) is 0 Å². The summed E-state index contributed by atoms with van der Waals surface area (Å²) < 4.78 is 6.87. The minimum Gasteiger partial charge on any atom is -0.383 e. The Morgan fingerprint density at radius 3 is 2.95 bits per heavy atom. The Labute approximate surface area is 141 Å². The molecule has 1 amide bonds. The van der Waals surface area contributed by atoms with Gasteiger partial charge in [-0.05, 0) is 50.8 Å². The standard InChI is InChI=1S/C14H19Br2N3O2/c1-21-6-5-19-12(20)4-2-3-11(17)14(19)13-10(16)7-9(15)8-18-13/h7-8,11,14H,2-6,17H2,1H3. The van der Waals surface area contributed by atoms with E-state index in [2.05, 4.69) is 36.8 Å². The molecule has 1 aliphatic heterocycles. The van der Waals surface area contributed by atoms with Gasteiger partial charge in [-0.1, -0.05) is 0 Å². The third-order valence-corrected chi connectivity index (χ3v) is 4.71. The van der Waals surface area contributed by atoms with Gasteiger partial charge in [-0.25, -0.2) is 0 Å². The average Bonchev–Trinajstić information content (AvgIpc) is 2.56. The summed E-state index contributed by atoms with van der Waals surface area (Å²) in [6.45, 7) is 1.01. The zero-order valence-corrected chi connectivity index (χ0v) is 15.1. The number of hydrogen-bond donors (Lipinski definition) is 1. The molecule has 2 rings (SSSR count). The van der Waals surface area contributed by atoms with Crippen LogP contribution >= 0.6 is 31.9 Å². The van der Waals surface area contributed by atoms with Crippen LogP contribution in [0.15, 0.2) is 21.2 Å². The van der Waals surface area contributed by atoms with E-state index >= 15 is 0 Å². The Hall–Kier alpha value is -0.500. The molecule has 21 heavy (non-hydrogen) atoms. The third kappa shape index (κ3) is 4.03. The lowest BCUT2D eigenvalue weighted by Gasteiger charge is -2.33. The van der Waals surface area contributed by atoms with Crippen molar-refractivity contribution in [3.63, 3.8) is 0 Å². The zero-order valence-electron chi connectivity index (χ0n) is 11.9. The molecule has 0 aromatic carbocycles. The van der Waals surface area contributed by atoms with Gasteiger partial charge in [-0.2, -0.15) is 0 Å². The molecule has 1 aromatic rings. The Morgan fingerprint density at radius 2 is 2.29 bits per heavy atom. The first-order valence-corrected chi connectivity index (χ1v) is 8.48. The van der Waals surface area contributed by atoms with Crippen LogP contribution in [0.3, 0.4) is 0 Å². The van der Waals surface area contributed by atoms with E-state index in [0.717, 1.165) is 27.5 Å². The average molecular weight is 421 g/mol. The van der Waals surface area contributed by atoms with Gasteiger partial charge in [-0.15, -0.1) is 0 Å². The van der Waals surface area contributed by atoms with Crippen LogP contribution in [0.1, 0.15) is 31.0 Å². The number of pyridine rings is 1. The number of likely N-dealkylation sites (tertiary alicyclic amines) is 1. The first-order valence-electron chi connectivity index (χ1n) is 6.89. The molecule has 1 aromatic heterocycles. The van der Waals surface area contributed by atoms with Gasteiger partial charge in [0.15, 0.2) is 0 Å².